The fourth-order valence-corrected chi connectivity index (χ4v) is 2.92. The first kappa shape index (κ1) is 16.3. The number of halogens is 4. The Morgan fingerprint density at radius 1 is 1.05 bits per heavy atom. The van der Waals surface area contributed by atoms with Crippen molar-refractivity contribution in [3.8, 4) is 0 Å². The molecule has 112 valence electrons. The van der Waals surface area contributed by atoms with Crippen LogP contribution in [0.4, 0.5) is 13.2 Å². The average molecular weight is 405 g/mol. The zero-order valence-electron chi connectivity index (χ0n) is 11.7. The first-order chi connectivity index (χ1) is 9.97. The van der Waals surface area contributed by atoms with Crippen molar-refractivity contribution < 1.29 is 13.2 Å². The lowest BCUT2D eigenvalue weighted by atomic mass is 9.96. The third-order valence-corrected chi connectivity index (χ3v) is 4.79. The smallest absolute Gasteiger partial charge is 0.194 e. The van der Waals surface area contributed by atoms with E-state index < -0.39 is 23.5 Å². The average Bonchev–Trinajstić information content (AvgIpc) is 2.46. The summed E-state index contributed by atoms with van der Waals surface area (Å²) in [6.07, 6.45) is 0. The normalized spacial score (nSPS) is 12.5. The first-order valence-electron chi connectivity index (χ1n) is 6.59. The fraction of sp³-hybridized carbons (Fsp3) is 0.250. The quantitative estimate of drug-likeness (QED) is 0.574. The molecule has 0 radical (unpaired) electrons. The minimum Gasteiger partial charge on any atom is -0.306 e. The van der Waals surface area contributed by atoms with E-state index in [-0.39, 0.29) is 5.56 Å². The van der Waals surface area contributed by atoms with Crippen LogP contribution in [-0.2, 0) is 0 Å². The van der Waals surface area contributed by atoms with Crippen LogP contribution in [0.15, 0.2) is 30.3 Å². The molecule has 1 N–H and O–H groups in total. The van der Waals surface area contributed by atoms with E-state index in [1.54, 1.807) is 0 Å². The fourth-order valence-electron chi connectivity index (χ4n) is 2.25. The van der Waals surface area contributed by atoms with E-state index in [1.165, 1.54) is 6.07 Å². The second-order valence-corrected chi connectivity index (χ2v) is 5.81. The molecule has 0 spiro atoms. The van der Waals surface area contributed by atoms with Crippen LogP contribution in [0.1, 0.15) is 29.7 Å². The van der Waals surface area contributed by atoms with Crippen LogP contribution in [0.2, 0.25) is 0 Å². The summed E-state index contributed by atoms with van der Waals surface area (Å²) >= 11 is 2.18. The third kappa shape index (κ3) is 3.23. The second kappa shape index (κ2) is 6.79. The molecule has 5 heteroatoms. The molecule has 0 saturated heterocycles. The Morgan fingerprint density at radius 2 is 1.76 bits per heavy atom. The summed E-state index contributed by atoms with van der Waals surface area (Å²) in [5, 5.41) is 3.14. The number of nitrogens with one attached hydrogen (secondary N) is 1. The van der Waals surface area contributed by atoms with Gasteiger partial charge >= 0.3 is 0 Å². The van der Waals surface area contributed by atoms with Crippen molar-refractivity contribution in [1.82, 2.24) is 5.32 Å². The maximum atomic E-state index is 14.1. The molecule has 2 aromatic carbocycles. The largest absolute Gasteiger partial charge is 0.306 e. The summed E-state index contributed by atoms with van der Waals surface area (Å²) in [7, 11) is 0. The maximum absolute atomic E-state index is 14.1. The van der Waals surface area contributed by atoms with Gasteiger partial charge in [-0.25, -0.2) is 13.2 Å². The number of benzene rings is 2. The Labute approximate surface area is 135 Å². The number of aryl methyl sites for hydroxylation is 1. The molecule has 0 aliphatic rings. The van der Waals surface area contributed by atoms with Crippen LogP contribution in [0.25, 0.3) is 0 Å². The standard InChI is InChI=1S/C16H15F3IN/c1-3-21-16(11-6-4-5-9(2)15(11)20)10-7-8-12(17)14(19)13(10)18/h4-8,16,21H,3H2,1-2H3. The summed E-state index contributed by atoms with van der Waals surface area (Å²) in [6, 6.07) is 7.42. The van der Waals surface area contributed by atoms with E-state index in [2.05, 4.69) is 27.9 Å². The Morgan fingerprint density at radius 3 is 2.43 bits per heavy atom. The molecule has 0 aliphatic carbocycles. The van der Waals surface area contributed by atoms with E-state index >= 15 is 0 Å². The number of hydrogen-bond donors (Lipinski definition) is 1. The van der Waals surface area contributed by atoms with Crippen molar-refractivity contribution in [2.24, 2.45) is 0 Å². The summed E-state index contributed by atoms with van der Waals surface area (Å²) in [5.41, 5.74) is 2.01. The first-order valence-corrected chi connectivity index (χ1v) is 7.67. The minimum atomic E-state index is -1.43. The molecule has 1 nitrogen and oxygen atoms in total. The molecule has 1 unspecified atom stereocenters. The van der Waals surface area contributed by atoms with Crippen molar-refractivity contribution in [1.29, 1.82) is 0 Å². The van der Waals surface area contributed by atoms with Gasteiger partial charge in [-0.1, -0.05) is 31.2 Å². The van der Waals surface area contributed by atoms with Crippen LogP contribution in [0.5, 0.6) is 0 Å². The highest BCUT2D eigenvalue weighted by Crippen LogP contribution is 2.30. The van der Waals surface area contributed by atoms with Crippen LogP contribution in [0.3, 0.4) is 0 Å². The molecule has 0 amide bonds. The number of hydrogen-bond acceptors (Lipinski definition) is 1. The number of rotatable bonds is 4. The molecule has 1 atom stereocenters. The van der Waals surface area contributed by atoms with Gasteiger partial charge in [0.05, 0.1) is 6.04 Å². The molecule has 0 heterocycles. The van der Waals surface area contributed by atoms with E-state index in [1.807, 2.05) is 32.0 Å². The predicted octanol–water partition coefficient (Wildman–Crippen LogP) is 4.72. The predicted molar refractivity (Wildman–Crippen MR) is 85.7 cm³/mol. The van der Waals surface area contributed by atoms with Gasteiger partial charge in [-0.05, 0) is 53.3 Å². The molecule has 0 saturated carbocycles. The van der Waals surface area contributed by atoms with Gasteiger partial charge in [-0.3, -0.25) is 0 Å². The van der Waals surface area contributed by atoms with Crippen LogP contribution in [0, 0.1) is 27.9 Å². The molecule has 0 fully saturated rings. The van der Waals surface area contributed by atoms with Crippen molar-refractivity contribution >= 4 is 22.6 Å². The highest BCUT2D eigenvalue weighted by Gasteiger charge is 2.23. The minimum absolute atomic E-state index is 0.110. The Hall–Kier alpha value is -1.08. The highest BCUT2D eigenvalue weighted by atomic mass is 127. The summed E-state index contributed by atoms with van der Waals surface area (Å²) in [5.74, 6) is -3.75. The van der Waals surface area contributed by atoms with Crippen molar-refractivity contribution in [2.45, 2.75) is 19.9 Å². The molecular formula is C16H15F3IN. The summed E-state index contributed by atoms with van der Waals surface area (Å²) in [6.45, 7) is 4.41. The SMILES string of the molecule is CCNC(c1ccc(F)c(F)c1F)c1cccc(C)c1I. The van der Waals surface area contributed by atoms with Crippen LogP contribution in [-0.4, -0.2) is 6.54 Å². The van der Waals surface area contributed by atoms with Crippen molar-refractivity contribution in [2.75, 3.05) is 6.54 Å². The van der Waals surface area contributed by atoms with Gasteiger partial charge in [0.1, 0.15) is 0 Å². The topological polar surface area (TPSA) is 12.0 Å². The van der Waals surface area contributed by atoms with E-state index in [9.17, 15) is 13.2 Å². The highest BCUT2D eigenvalue weighted by molar-refractivity contribution is 14.1. The molecule has 2 rings (SSSR count). The zero-order valence-corrected chi connectivity index (χ0v) is 13.8. The van der Waals surface area contributed by atoms with Gasteiger partial charge < -0.3 is 5.32 Å². The third-order valence-electron chi connectivity index (χ3n) is 3.32. The van der Waals surface area contributed by atoms with Crippen LogP contribution < -0.4 is 5.32 Å². The van der Waals surface area contributed by atoms with Gasteiger partial charge in [-0.2, -0.15) is 0 Å². The van der Waals surface area contributed by atoms with E-state index in [0.717, 1.165) is 20.8 Å². The van der Waals surface area contributed by atoms with Gasteiger partial charge in [-0.15, -0.1) is 0 Å². The Kier molecular flexibility index (Phi) is 5.27. The van der Waals surface area contributed by atoms with Crippen molar-refractivity contribution in [3.63, 3.8) is 0 Å². The summed E-state index contributed by atoms with van der Waals surface area (Å²) in [4.78, 5) is 0. The molecule has 0 bridgehead atoms. The molecular weight excluding hydrogens is 390 g/mol. The Bertz CT molecular complexity index is 658. The van der Waals surface area contributed by atoms with Crippen LogP contribution >= 0.6 is 22.6 Å². The summed E-state index contributed by atoms with van der Waals surface area (Å²) < 4.78 is 41.7. The van der Waals surface area contributed by atoms with E-state index in [0.29, 0.717) is 6.54 Å². The van der Waals surface area contributed by atoms with Gasteiger partial charge in [0.2, 0.25) is 0 Å². The molecule has 21 heavy (non-hydrogen) atoms. The molecule has 0 aliphatic heterocycles. The lowest BCUT2D eigenvalue weighted by Gasteiger charge is -2.22. The monoisotopic (exact) mass is 405 g/mol. The second-order valence-electron chi connectivity index (χ2n) is 4.73. The lowest BCUT2D eigenvalue weighted by Crippen LogP contribution is -2.24. The molecule has 2 aromatic rings. The maximum Gasteiger partial charge on any atom is 0.194 e. The van der Waals surface area contributed by atoms with Gasteiger partial charge in [0.25, 0.3) is 0 Å². The van der Waals surface area contributed by atoms with Crippen molar-refractivity contribution in [3.05, 3.63) is 68.0 Å². The Balaban J connectivity index is 2.59. The lowest BCUT2D eigenvalue weighted by molar-refractivity contribution is 0.433. The molecule has 0 aromatic heterocycles. The van der Waals surface area contributed by atoms with Gasteiger partial charge in [0, 0.05) is 9.13 Å². The van der Waals surface area contributed by atoms with E-state index in [4.69, 9.17) is 0 Å². The zero-order chi connectivity index (χ0) is 15.6. The van der Waals surface area contributed by atoms with Gasteiger partial charge in [0.15, 0.2) is 17.5 Å².